The van der Waals surface area contributed by atoms with Crippen molar-refractivity contribution in [3.8, 4) is 11.5 Å². The zero-order valence-electron chi connectivity index (χ0n) is 18.8. The molecule has 1 saturated heterocycles. The third kappa shape index (κ3) is 5.39. The number of benzene rings is 2. The second-order valence-electron chi connectivity index (χ2n) is 7.88. The summed E-state index contributed by atoms with van der Waals surface area (Å²) in [4.78, 5) is 27.7. The molecule has 172 valence electrons. The van der Waals surface area contributed by atoms with Crippen molar-refractivity contribution in [3.05, 3.63) is 59.4 Å². The van der Waals surface area contributed by atoms with Crippen LogP contribution in [0.4, 0.5) is 4.39 Å². The predicted octanol–water partition coefficient (Wildman–Crippen LogP) is 4.67. The van der Waals surface area contributed by atoms with Gasteiger partial charge in [0.25, 0.3) is 0 Å². The van der Waals surface area contributed by atoms with Crippen LogP contribution in [0.3, 0.4) is 0 Å². The van der Waals surface area contributed by atoms with E-state index in [0.29, 0.717) is 30.7 Å². The van der Waals surface area contributed by atoms with Crippen molar-refractivity contribution in [2.75, 3.05) is 20.8 Å². The summed E-state index contributed by atoms with van der Waals surface area (Å²) < 4.78 is 29.7. The number of carbonyl (C=O) groups excluding carboxylic acids is 2. The van der Waals surface area contributed by atoms with Gasteiger partial charge in [0.05, 0.1) is 26.2 Å². The Balaban J connectivity index is 1.81. The maximum Gasteiger partial charge on any atom is 0.311 e. The van der Waals surface area contributed by atoms with Crippen LogP contribution in [-0.2, 0) is 20.9 Å². The van der Waals surface area contributed by atoms with Crippen LogP contribution in [0.2, 0.25) is 0 Å². The maximum atomic E-state index is 14.0. The lowest BCUT2D eigenvalue weighted by Gasteiger charge is -2.40. The number of piperidine rings is 1. The third-order valence-corrected chi connectivity index (χ3v) is 5.82. The van der Waals surface area contributed by atoms with Crippen LogP contribution in [0.25, 0.3) is 0 Å². The average molecular weight is 444 g/mol. The fraction of sp³-hybridized carbons (Fsp3) is 0.440. The molecule has 0 N–H and O–H groups in total. The molecule has 1 aliphatic rings. The monoisotopic (exact) mass is 443 g/mol. The molecule has 0 aromatic heterocycles. The van der Waals surface area contributed by atoms with Crippen molar-refractivity contribution in [2.24, 2.45) is 5.92 Å². The molecule has 1 fully saturated rings. The molecule has 3 rings (SSSR count). The van der Waals surface area contributed by atoms with E-state index in [1.165, 1.54) is 19.2 Å². The first-order valence-corrected chi connectivity index (χ1v) is 10.9. The molecule has 2 atom stereocenters. The van der Waals surface area contributed by atoms with E-state index in [9.17, 15) is 14.0 Å². The highest BCUT2D eigenvalue weighted by atomic mass is 19.1. The van der Waals surface area contributed by atoms with Gasteiger partial charge in [-0.25, -0.2) is 4.39 Å². The van der Waals surface area contributed by atoms with Gasteiger partial charge in [-0.3, -0.25) is 9.59 Å². The van der Waals surface area contributed by atoms with E-state index in [2.05, 4.69) is 6.92 Å². The van der Waals surface area contributed by atoms with E-state index < -0.39 is 23.7 Å². The first-order chi connectivity index (χ1) is 15.5. The zero-order valence-corrected chi connectivity index (χ0v) is 18.8. The van der Waals surface area contributed by atoms with Crippen LogP contribution >= 0.6 is 0 Å². The van der Waals surface area contributed by atoms with Crippen molar-refractivity contribution < 1.29 is 28.2 Å². The van der Waals surface area contributed by atoms with Gasteiger partial charge in [0.15, 0.2) is 11.6 Å². The lowest BCUT2D eigenvalue weighted by molar-refractivity contribution is -0.158. The van der Waals surface area contributed by atoms with Crippen LogP contribution in [0.15, 0.2) is 42.5 Å². The standard InChI is InChI=1S/C25H30FNO5/c1-4-5-14-27-23(28)13-11-20(24(27)18-7-9-19(30-2)10-8-18)25(29)32-16-17-6-12-22(31-3)21(26)15-17/h6-10,12,15,20,24H,4-5,11,13-14,16H2,1-3H3/t20-,24+/m1/s1. The second-order valence-corrected chi connectivity index (χ2v) is 7.88. The Labute approximate surface area is 188 Å². The Bertz CT molecular complexity index is 930. The number of amides is 1. The van der Waals surface area contributed by atoms with Gasteiger partial charge in [-0.1, -0.05) is 31.5 Å². The summed E-state index contributed by atoms with van der Waals surface area (Å²) in [6.45, 7) is 2.60. The number of esters is 1. The summed E-state index contributed by atoms with van der Waals surface area (Å²) in [6.07, 6.45) is 2.50. The van der Waals surface area contributed by atoms with E-state index in [0.717, 1.165) is 18.4 Å². The number of nitrogens with zero attached hydrogens (tertiary/aromatic N) is 1. The average Bonchev–Trinajstić information content (AvgIpc) is 2.81. The molecule has 6 nitrogen and oxygen atoms in total. The Morgan fingerprint density at radius 3 is 2.50 bits per heavy atom. The molecule has 2 aromatic carbocycles. The van der Waals surface area contributed by atoms with Crippen molar-refractivity contribution in [1.29, 1.82) is 0 Å². The molecule has 0 spiro atoms. The first kappa shape index (κ1) is 23.6. The van der Waals surface area contributed by atoms with Crippen LogP contribution in [0.1, 0.15) is 49.8 Å². The van der Waals surface area contributed by atoms with Gasteiger partial charge < -0.3 is 19.1 Å². The molecular weight excluding hydrogens is 413 g/mol. The summed E-state index contributed by atoms with van der Waals surface area (Å²) in [5, 5.41) is 0. The van der Waals surface area contributed by atoms with E-state index in [1.54, 1.807) is 18.1 Å². The highest BCUT2D eigenvalue weighted by molar-refractivity contribution is 5.82. The second kappa shape index (κ2) is 11.0. The summed E-state index contributed by atoms with van der Waals surface area (Å²) in [5.41, 5.74) is 1.40. The number of hydrogen-bond donors (Lipinski definition) is 0. The topological polar surface area (TPSA) is 65.1 Å². The fourth-order valence-electron chi connectivity index (χ4n) is 4.07. The van der Waals surface area contributed by atoms with Crippen LogP contribution < -0.4 is 9.47 Å². The van der Waals surface area contributed by atoms with Crippen molar-refractivity contribution in [3.63, 3.8) is 0 Å². The summed E-state index contributed by atoms with van der Waals surface area (Å²) in [6, 6.07) is 11.5. The molecule has 1 aliphatic heterocycles. The molecule has 0 saturated carbocycles. The number of carbonyl (C=O) groups is 2. The minimum absolute atomic E-state index is 0.0422. The third-order valence-electron chi connectivity index (χ3n) is 5.82. The smallest absolute Gasteiger partial charge is 0.311 e. The molecule has 0 unspecified atom stereocenters. The van der Waals surface area contributed by atoms with E-state index in [4.69, 9.17) is 14.2 Å². The number of rotatable bonds is 9. The lowest BCUT2D eigenvalue weighted by Crippen LogP contribution is -2.46. The normalized spacial score (nSPS) is 18.4. The van der Waals surface area contributed by atoms with Gasteiger partial charge in [-0.2, -0.15) is 0 Å². The van der Waals surface area contributed by atoms with E-state index >= 15 is 0 Å². The van der Waals surface area contributed by atoms with E-state index in [1.807, 2.05) is 24.3 Å². The Morgan fingerprint density at radius 1 is 1.12 bits per heavy atom. The van der Waals surface area contributed by atoms with Crippen LogP contribution in [0, 0.1) is 11.7 Å². The molecular formula is C25H30FNO5. The summed E-state index contributed by atoms with van der Waals surface area (Å²) in [7, 11) is 2.99. The van der Waals surface area contributed by atoms with Crippen molar-refractivity contribution in [1.82, 2.24) is 4.90 Å². The van der Waals surface area contributed by atoms with Crippen LogP contribution in [0.5, 0.6) is 11.5 Å². The minimum Gasteiger partial charge on any atom is -0.497 e. The Hall–Kier alpha value is -3.09. The number of likely N-dealkylation sites (tertiary alicyclic amines) is 1. The van der Waals surface area contributed by atoms with Gasteiger partial charge in [0.1, 0.15) is 12.4 Å². The van der Waals surface area contributed by atoms with Gasteiger partial charge >= 0.3 is 5.97 Å². The largest absolute Gasteiger partial charge is 0.497 e. The fourth-order valence-corrected chi connectivity index (χ4v) is 4.07. The number of hydrogen-bond acceptors (Lipinski definition) is 5. The lowest BCUT2D eigenvalue weighted by atomic mass is 9.84. The predicted molar refractivity (Wildman–Crippen MR) is 118 cm³/mol. The molecule has 0 aliphatic carbocycles. The Kier molecular flexibility index (Phi) is 8.09. The number of unbranched alkanes of at least 4 members (excludes halogenated alkanes) is 1. The molecule has 1 heterocycles. The minimum atomic E-state index is -0.508. The van der Waals surface area contributed by atoms with Crippen molar-refractivity contribution >= 4 is 11.9 Å². The Morgan fingerprint density at radius 2 is 1.88 bits per heavy atom. The van der Waals surface area contributed by atoms with E-state index in [-0.39, 0.29) is 18.3 Å². The van der Waals surface area contributed by atoms with Crippen LogP contribution in [-0.4, -0.2) is 37.5 Å². The highest BCUT2D eigenvalue weighted by Gasteiger charge is 2.41. The van der Waals surface area contributed by atoms with Gasteiger partial charge in [-0.05, 0) is 48.2 Å². The molecule has 2 aromatic rings. The van der Waals surface area contributed by atoms with Crippen molar-refractivity contribution in [2.45, 2.75) is 45.3 Å². The number of ether oxygens (including phenoxy) is 3. The van der Waals surface area contributed by atoms with Gasteiger partial charge in [0, 0.05) is 13.0 Å². The molecule has 7 heteroatoms. The molecule has 32 heavy (non-hydrogen) atoms. The molecule has 0 radical (unpaired) electrons. The zero-order chi connectivity index (χ0) is 23.1. The maximum absolute atomic E-state index is 14.0. The quantitative estimate of drug-likeness (QED) is 0.527. The SMILES string of the molecule is CCCCN1C(=O)CC[C@@H](C(=O)OCc2ccc(OC)c(F)c2)[C@@H]1c1ccc(OC)cc1. The highest BCUT2D eigenvalue weighted by Crippen LogP contribution is 2.38. The molecule has 0 bridgehead atoms. The van der Waals surface area contributed by atoms with Gasteiger partial charge in [0.2, 0.25) is 5.91 Å². The number of halogens is 1. The molecule has 1 amide bonds. The first-order valence-electron chi connectivity index (χ1n) is 10.9. The summed E-state index contributed by atoms with van der Waals surface area (Å²) >= 11 is 0. The van der Waals surface area contributed by atoms with Gasteiger partial charge in [-0.15, -0.1) is 0 Å². The summed E-state index contributed by atoms with van der Waals surface area (Å²) in [5.74, 6) is -0.516. The number of methoxy groups -OCH3 is 2.